The number of carbonyl (C=O) groups excluding carboxylic acids is 2. The number of rotatable bonds is 0. The van der Waals surface area contributed by atoms with Crippen molar-refractivity contribution in [2.45, 2.75) is 66.2 Å². The Labute approximate surface area is 140 Å². The third kappa shape index (κ3) is 1.87. The lowest BCUT2D eigenvalue weighted by Gasteiger charge is -2.60. The quantitative estimate of drug-likeness (QED) is 0.656. The highest BCUT2D eigenvalue weighted by Gasteiger charge is 2.61. The van der Waals surface area contributed by atoms with Crippen LogP contribution in [-0.2, 0) is 9.59 Å². The molecule has 2 nitrogen and oxygen atoms in total. The van der Waals surface area contributed by atoms with Crippen LogP contribution in [0.2, 0.25) is 0 Å². The van der Waals surface area contributed by atoms with Gasteiger partial charge >= 0.3 is 0 Å². The molecule has 23 heavy (non-hydrogen) atoms. The molecule has 4 aliphatic carbocycles. The van der Waals surface area contributed by atoms with Gasteiger partial charge in [0, 0.05) is 18.3 Å². The molecule has 4 rings (SSSR count). The Balaban J connectivity index is 1.78. The molecular weight excluding hydrogens is 284 g/mol. The summed E-state index contributed by atoms with van der Waals surface area (Å²) >= 11 is 0. The van der Waals surface area contributed by atoms with Crippen LogP contribution >= 0.6 is 0 Å². The zero-order valence-electron chi connectivity index (χ0n) is 15.0. The number of fused-ring (bicyclic) bond motifs is 5. The van der Waals surface area contributed by atoms with Crippen LogP contribution in [0.15, 0.2) is 11.6 Å². The molecule has 0 saturated heterocycles. The molecule has 3 saturated carbocycles. The summed E-state index contributed by atoms with van der Waals surface area (Å²) in [7, 11) is 0. The van der Waals surface area contributed by atoms with Gasteiger partial charge in [-0.2, -0.15) is 0 Å². The summed E-state index contributed by atoms with van der Waals surface area (Å²) in [6, 6.07) is 0. The van der Waals surface area contributed by atoms with Gasteiger partial charge in [0.1, 0.15) is 5.78 Å². The summed E-state index contributed by atoms with van der Waals surface area (Å²) < 4.78 is 0. The summed E-state index contributed by atoms with van der Waals surface area (Å²) in [5.41, 5.74) is 1.55. The molecule has 2 heteroatoms. The smallest absolute Gasteiger partial charge is 0.155 e. The van der Waals surface area contributed by atoms with Crippen LogP contribution in [0, 0.1) is 40.4 Å². The summed E-state index contributed by atoms with van der Waals surface area (Å²) in [5, 5.41) is 0. The third-order valence-electron chi connectivity index (χ3n) is 8.54. The molecule has 0 bridgehead atoms. The Bertz CT molecular complexity index is 603. The Morgan fingerprint density at radius 2 is 1.83 bits per heavy atom. The van der Waals surface area contributed by atoms with E-state index in [2.05, 4.69) is 27.7 Å². The minimum atomic E-state index is -0.0494. The standard InChI is InChI=1S/C21H30O2/c1-12-9-15-16-5-6-19(23)20(16,3)8-7-17(15)21(4)13(2)10-14(22)11-18(12)21/h11-13,15-17H,5-10H2,1-4H3/t12?,13?,15-,16-,17-,20-,21+/m0/s1. The predicted molar refractivity (Wildman–Crippen MR) is 90.8 cm³/mol. The zero-order chi connectivity index (χ0) is 16.6. The van der Waals surface area contributed by atoms with Crippen LogP contribution in [0.1, 0.15) is 66.2 Å². The molecule has 0 radical (unpaired) electrons. The Hall–Kier alpha value is -0.920. The molecule has 0 N–H and O–H groups in total. The summed E-state index contributed by atoms with van der Waals surface area (Å²) in [6.45, 7) is 9.28. The molecule has 3 fully saturated rings. The second-order valence-electron chi connectivity index (χ2n) is 9.39. The summed E-state index contributed by atoms with van der Waals surface area (Å²) in [6.07, 6.45) is 8.01. The first kappa shape index (κ1) is 15.6. The summed E-state index contributed by atoms with van der Waals surface area (Å²) in [5.74, 6) is 3.70. The van der Waals surface area contributed by atoms with Crippen LogP contribution in [0.3, 0.4) is 0 Å². The van der Waals surface area contributed by atoms with Gasteiger partial charge in [0.15, 0.2) is 5.78 Å². The lowest BCUT2D eigenvalue weighted by Crippen LogP contribution is -2.54. The highest BCUT2D eigenvalue weighted by Crippen LogP contribution is 2.66. The van der Waals surface area contributed by atoms with Gasteiger partial charge in [-0.15, -0.1) is 0 Å². The van der Waals surface area contributed by atoms with Gasteiger partial charge in [-0.05, 0) is 66.8 Å². The average Bonchev–Trinajstić information content (AvgIpc) is 2.78. The molecular formula is C21H30O2. The number of carbonyl (C=O) groups is 2. The topological polar surface area (TPSA) is 34.1 Å². The fraction of sp³-hybridized carbons (Fsp3) is 0.810. The van der Waals surface area contributed by atoms with Crippen molar-refractivity contribution < 1.29 is 9.59 Å². The van der Waals surface area contributed by atoms with E-state index in [-0.39, 0.29) is 10.8 Å². The van der Waals surface area contributed by atoms with E-state index in [4.69, 9.17) is 0 Å². The minimum Gasteiger partial charge on any atom is -0.299 e. The van der Waals surface area contributed by atoms with E-state index >= 15 is 0 Å². The van der Waals surface area contributed by atoms with Gasteiger partial charge in [-0.25, -0.2) is 0 Å². The first-order valence-electron chi connectivity index (χ1n) is 9.56. The molecule has 2 unspecified atom stereocenters. The third-order valence-corrected chi connectivity index (χ3v) is 8.54. The van der Waals surface area contributed by atoms with E-state index in [0.717, 1.165) is 19.3 Å². The molecule has 7 atom stereocenters. The van der Waals surface area contributed by atoms with Gasteiger partial charge in [-0.1, -0.05) is 33.3 Å². The van der Waals surface area contributed by atoms with Crippen LogP contribution in [0.5, 0.6) is 0 Å². The van der Waals surface area contributed by atoms with Gasteiger partial charge in [-0.3, -0.25) is 9.59 Å². The van der Waals surface area contributed by atoms with Crippen LogP contribution < -0.4 is 0 Å². The molecule has 0 amide bonds. The second kappa shape index (κ2) is 4.80. The molecule has 0 heterocycles. The molecule has 0 aromatic rings. The van der Waals surface area contributed by atoms with Crippen molar-refractivity contribution in [2.75, 3.05) is 0 Å². The van der Waals surface area contributed by atoms with Gasteiger partial charge < -0.3 is 0 Å². The Kier molecular flexibility index (Phi) is 3.26. The van der Waals surface area contributed by atoms with Crippen molar-refractivity contribution in [3.8, 4) is 0 Å². The number of ketones is 2. The van der Waals surface area contributed by atoms with Crippen LogP contribution in [-0.4, -0.2) is 11.6 Å². The molecule has 0 spiro atoms. The maximum Gasteiger partial charge on any atom is 0.155 e. The van der Waals surface area contributed by atoms with Crippen molar-refractivity contribution in [1.82, 2.24) is 0 Å². The lowest BCUT2D eigenvalue weighted by atomic mass is 9.44. The van der Waals surface area contributed by atoms with Gasteiger partial charge in [0.25, 0.3) is 0 Å². The molecule has 126 valence electrons. The summed E-state index contributed by atoms with van der Waals surface area (Å²) in [4.78, 5) is 24.6. The first-order chi connectivity index (χ1) is 10.8. The maximum atomic E-state index is 12.5. The number of hydrogen-bond donors (Lipinski definition) is 0. The van der Waals surface area contributed by atoms with E-state index in [1.807, 2.05) is 6.08 Å². The van der Waals surface area contributed by atoms with Crippen molar-refractivity contribution in [1.29, 1.82) is 0 Å². The molecule has 0 aromatic carbocycles. The SMILES string of the molecule is CC1C[C@H]2[C@@H]3CCC(=O)[C@@]3(C)CC[C@@H]2[C@]2(C)C1=CC(=O)CC2C. The highest BCUT2D eigenvalue weighted by molar-refractivity contribution is 5.92. The highest BCUT2D eigenvalue weighted by atomic mass is 16.1. The molecule has 0 aliphatic heterocycles. The maximum absolute atomic E-state index is 12.5. The first-order valence-corrected chi connectivity index (χ1v) is 9.56. The lowest BCUT2D eigenvalue weighted by molar-refractivity contribution is -0.134. The van der Waals surface area contributed by atoms with Crippen molar-refractivity contribution >= 4 is 11.6 Å². The Morgan fingerprint density at radius 1 is 1.09 bits per heavy atom. The zero-order valence-corrected chi connectivity index (χ0v) is 15.0. The predicted octanol–water partition coefficient (Wildman–Crippen LogP) is 4.58. The normalized spacial score (nSPS) is 52.5. The van der Waals surface area contributed by atoms with E-state index < -0.39 is 0 Å². The fourth-order valence-corrected chi connectivity index (χ4v) is 7.11. The number of hydrogen-bond acceptors (Lipinski definition) is 2. The molecule has 4 aliphatic rings. The molecule has 0 aromatic heterocycles. The minimum absolute atomic E-state index is 0.0494. The number of Topliss-reactive ketones (excluding diaryl/α,β-unsaturated/α-hetero) is 1. The van der Waals surface area contributed by atoms with Gasteiger partial charge in [0.05, 0.1) is 0 Å². The van der Waals surface area contributed by atoms with Crippen molar-refractivity contribution in [2.24, 2.45) is 40.4 Å². The largest absolute Gasteiger partial charge is 0.299 e. The van der Waals surface area contributed by atoms with Crippen LogP contribution in [0.4, 0.5) is 0 Å². The van der Waals surface area contributed by atoms with Crippen molar-refractivity contribution in [3.63, 3.8) is 0 Å². The van der Waals surface area contributed by atoms with Crippen LogP contribution in [0.25, 0.3) is 0 Å². The van der Waals surface area contributed by atoms with E-state index in [9.17, 15) is 9.59 Å². The van der Waals surface area contributed by atoms with E-state index in [1.54, 1.807) is 0 Å². The van der Waals surface area contributed by atoms with Gasteiger partial charge in [0.2, 0.25) is 0 Å². The van der Waals surface area contributed by atoms with E-state index in [0.29, 0.717) is 47.6 Å². The van der Waals surface area contributed by atoms with Crippen molar-refractivity contribution in [3.05, 3.63) is 11.6 Å². The fourth-order valence-electron chi connectivity index (χ4n) is 7.11. The number of allylic oxidation sites excluding steroid dienone is 1. The average molecular weight is 314 g/mol. The second-order valence-corrected chi connectivity index (χ2v) is 9.39. The monoisotopic (exact) mass is 314 g/mol. The Morgan fingerprint density at radius 3 is 2.57 bits per heavy atom. The van der Waals surface area contributed by atoms with E-state index in [1.165, 1.54) is 18.4 Å².